The minimum atomic E-state index is -0.611. The van der Waals surface area contributed by atoms with Crippen molar-refractivity contribution < 1.29 is 13.5 Å². The third-order valence-corrected chi connectivity index (χ3v) is 5.59. The van der Waals surface area contributed by atoms with Gasteiger partial charge in [0.25, 0.3) is 0 Å². The van der Waals surface area contributed by atoms with E-state index in [9.17, 15) is 8.78 Å². The molecule has 0 aliphatic carbocycles. The van der Waals surface area contributed by atoms with E-state index in [1.807, 2.05) is 12.1 Å². The average molecular weight is 394 g/mol. The number of hydrogen-bond donors (Lipinski definition) is 0. The van der Waals surface area contributed by atoms with Crippen molar-refractivity contribution in [2.24, 2.45) is 5.92 Å². The predicted octanol–water partition coefficient (Wildman–Crippen LogP) is 3.99. The molecule has 1 aromatic heterocycles. The van der Waals surface area contributed by atoms with Crippen LogP contribution >= 0.6 is 11.6 Å². The molecule has 0 unspecified atom stereocenters. The van der Waals surface area contributed by atoms with Crippen LogP contribution in [0, 0.1) is 17.6 Å². The number of ether oxygens (including phenoxy) is 1. The van der Waals surface area contributed by atoms with Crippen LogP contribution in [0.25, 0.3) is 0 Å². The summed E-state index contributed by atoms with van der Waals surface area (Å²) in [4.78, 5) is 9.23. The highest BCUT2D eigenvalue weighted by molar-refractivity contribution is 6.30. The van der Waals surface area contributed by atoms with Crippen LogP contribution in [-0.4, -0.2) is 48.7 Å². The van der Waals surface area contributed by atoms with Gasteiger partial charge in [-0.1, -0.05) is 11.6 Å². The number of pyridine rings is 1. The van der Waals surface area contributed by atoms with Gasteiger partial charge in [-0.2, -0.15) is 0 Å². The summed E-state index contributed by atoms with van der Waals surface area (Å²) >= 11 is 5.93. The number of nitrogens with zero attached hydrogens (tertiary/aromatic N) is 3. The van der Waals surface area contributed by atoms with Gasteiger partial charge in [0, 0.05) is 62.5 Å². The molecular formula is C20H22ClF2N3O. The number of fused-ring (bicyclic) bond motifs is 1. The normalized spacial score (nSPS) is 23.1. The second-order valence-corrected chi connectivity index (χ2v) is 7.73. The predicted molar refractivity (Wildman–Crippen MR) is 101 cm³/mol. The summed E-state index contributed by atoms with van der Waals surface area (Å²) in [6, 6.07) is 7.65. The van der Waals surface area contributed by atoms with Gasteiger partial charge in [-0.05, 0) is 25.0 Å². The van der Waals surface area contributed by atoms with E-state index in [1.165, 1.54) is 12.1 Å². The smallest absolute Gasteiger partial charge is 0.129 e. The number of piperidine rings is 1. The number of aromatic nitrogens is 1. The van der Waals surface area contributed by atoms with Crippen molar-refractivity contribution in [1.82, 2.24) is 9.88 Å². The fourth-order valence-electron chi connectivity index (χ4n) is 3.98. The molecule has 0 amide bonds. The fourth-order valence-corrected chi connectivity index (χ4v) is 4.10. The Kier molecular flexibility index (Phi) is 5.45. The van der Waals surface area contributed by atoms with Gasteiger partial charge in [0.15, 0.2) is 0 Å². The molecule has 0 radical (unpaired) electrons. The first-order chi connectivity index (χ1) is 13.1. The monoisotopic (exact) mass is 393 g/mol. The van der Waals surface area contributed by atoms with Crippen molar-refractivity contribution in [2.75, 3.05) is 37.7 Å². The Hall–Kier alpha value is -1.92. The van der Waals surface area contributed by atoms with Gasteiger partial charge in [0.05, 0.1) is 11.6 Å². The zero-order chi connectivity index (χ0) is 18.8. The lowest BCUT2D eigenvalue weighted by molar-refractivity contribution is 0.0726. The van der Waals surface area contributed by atoms with E-state index < -0.39 is 11.6 Å². The van der Waals surface area contributed by atoms with Crippen molar-refractivity contribution in [3.8, 4) is 5.75 Å². The molecule has 2 aromatic rings. The van der Waals surface area contributed by atoms with Gasteiger partial charge in [-0.15, -0.1) is 0 Å². The summed E-state index contributed by atoms with van der Waals surface area (Å²) in [5.41, 5.74) is 0. The SMILES string of the molecule is Fc1cc(F)cc(OC[C@@H]2CC[C@H]3CN(c4ccc(Cl)cn4)CCN3C2)c1. The summed E-state index contributed by atoms with van der Waals surface area (Å²) in [5.74, 6) is 0.375. The van der Waals surface area contributed by atoms with Gasteiger partial charge >= 0.3 is 0 Å². The lowest BCUT2D eigenvalue weighted by Gasteiger charge is -2.46. The summed E-state index contributed by atoms with van der Waals surface area (Å²) < 4.78 is 32.2. The minimum Gasteiger partial charge on any atom is -0.493 e. The minimum absolute atomic E-state index is 0.258. The standard InChI is InChI=1S/C20H22ClF2N3O/c21-15-2-4-20(24-10-15)26-6-5-25-11-14(1-3-18(25)12-26)13-27-19-8-16(22)7-17(23)9-19/h2,4,7-10,14,18H,1,3,5-6,11-13H2/t14-,18+/m1/s1. The molecular weight excluding hydrogens is 372 g/mol. The summed E-state index contributed by atoms with van der Waals surface area (Å²) in [5, 5.41) is 0.649. The molecule has 144 valence electrons. The number of piperazine rings is 1. The van der Waals surface area contributed by atoms with Crippen LogP contribution in [0.2, 0.25) is 5.02 Å². The molecule has 2 fully saturated rings. The molecule has 2 aliphatic rings. The topological polar surface area (TPSA) is 28.6 Å². The van der Waals surface area contributed by atoms with Crippen LogP contribution in [-0.2, 0) is 0 Å². The van der Waals surface area contributed by atoms with Crippen molar-refractivity contribution >= 4 is 17.4 Å². The molecule has 4 nitrogen and oxygen atoms in total. The second kappa shape index (κ2) is 7.98. The Morgan fingerprint density at radius 1 is 1.07 bits per heavy atom. The highest BCUT2D eigenvalue weighted by atomic mass is 35.5. The van der Waals surface area contributed by atoms with Gasteiger partial charge in [-0.3, -0.25) is 4.90 Å². The molecule has 7 heteroatoms. The lowest BCUT2D eigenvalue weighted by atomic mass is 9.91. The third-order valence-electron chi connectivity index (χ3n) is 5.36. The van der Waals surface area contributed by atoms with Crippen molar-refractivity contribution in [2.45, 2.75) is 18.9 Å². The molecule has 2 saturated heterocycles. The fraction of sp³-hybridized carbons (Fsp3) is 0.450. The average Bonchev–Trinajstić information content (AvgIpc) is 2.66. The van der Waals surface area contributed by atoms with Crippen LogP contribution in [0.3, 0.4) is 0 Å². The van der Waals surface area contributed by atoms with E-state index >= 15 is 0 Å². The number of hydrogen-bond acceptors (Lipinski definition) is 4. The number of rotatable bonds is 4. The first kappa shape index (κ1) is 18.4. The maximum Gasteiger partial charge on any atom is 0.129 e. The molecule has 3 heterocycles. The van der Waals surface area contributed by atoms with E-state index in [0.29, 0.717) is 23.6 Å². The zero-order valence-corrected chi connectivity index (χ0v) is 15.7. The first-order valence-electron chi connectivity index (χ1n) is 9.26. The molecule has 1 aromatic carbocycles. The lowest BCUT2D eigenvalue weighted by Crippen LogP contribution is -2.57. The third kappa shape index (κ3) is 4.50. The Balaban J connectivity index is 1.30. The van der Waals surface area contributed by atoms with Gasteiger partial charge < -0.3 is 9.64 Å². The Bertz CT molecular complexity index is 769. The molecule has 4 rings (SSSR count). The summed E-state index contributed by atoms with van der Waals surface area (Å²) in [6.45, 7) is 4.28. The van der Waals surface area contributed by atoms with Crippen molar-refractivity contribution in [3.63, 3.8) is 0 Å². The van der Waals surface area contributed by atoms with E-state index in [1.54, 1.807) is 6.20 Å². The molecule has 0 bridgehead atoms. The maximum atomic E-state index is 13.3. The zero-order valence-electron chi connectivity index (χ0n) is 15.0. The van der Waals surface area contributed by atoms with E-state index in [-0.39, 0.29) is 5.75 Å². The molecule has 0 saturated carbocycles. The molecule has 0 N–H and O–H groups in total. The molecule has 27 heavy (non-hydrogen) atoms. The Morgan fingerprint density at radius 3 is 2.63 bits per heavy atom. The van der Waals surface area contributed by atoms with Crippen LogP contribution < -0.4 is 9.64 Å². The van der Waals surface area contributed by atoms with E-state index in [4.69, 9.17) is 16.3 Å². The quantitative estimate of drug-likeness (QED) is 0.785. The molecule has 0 spiro atoms. The van der Waals surface area contributed by atoms with Crippen molar-refractivity contribution in [3.05, 3.63) is 53.2 Å². The highest BCUT2D eigenvalue weighted by Crippen LogP contribution is 2.28. The second-order valence-electron chi connectivity index (χ2n) is 7.29. The Morgan fingerprint density at radius 2 is 1.89 bits per heavy atom. The molecule has 2 aliphatic heterocycles. The van der Waals surface area contributed by atoms with Crippen LogP contribution in [0.1, 0.15) is 12.8 Å². The highest BCUT2D eigenvalue weighted by Gasteiger charge is 2.33. The number of benzene rings is 1. The summed E-state index contributed by atoms with van der Waals surface area (Å²) in [7, 11) is 0. The maximum absolute atomic E-state index is 13.3. The van der Waals surface area contributed by atoms with Crippen LogP contribution in [0.5, 0.6) is 5.75 Å². The van der Waals surface area contributed by atoms with Crippen LogP contribution in [0.15, 0.2) is 36.5 Å². The molecule has 2 atom stereocenters. The van der Waals surface area contributed by atoms with Gasteiger partial charge in [0.2, 0.25) is 0 Å². The Labute approximate surface area is 162 Å². The summed E-state index contributed by atoms with van der Waals surface area (Å²) in [6.07, 6.45) is 3.81. The van der Waals surface area contributed by atoms with Crippen LogP contribution in [0.4, 0.5) is 14.6 Å². The number of halogens is 3. The van der Waals surface area contributed by atoms with E-state index in [2.05, 4.69) is 14.8 Å². The van der Waals surface area contributed by atoms with Gasteiger partial charge in [0.1, 0.15) is 23.2 Å². The van der Waals surface area contributed by atoms with Crippen molar-refractivity contribution in [1.29, 1.82) is 0 Å². The van der Waals surface area contributed by atoms with Gasteiger partial charge in [-0.25, -0.2) is 13.8 Å². The van der Waals surface area contributed by atoms with E-state index in [0.717, 1.165) is 50.9 Å². The number of anilines is 1. The largest absolute Gasteiger partial charge is 0.493 e. The first-order valence-corrected chi connectivity index (χ1v) is 9.64.